The first kappa shape index (κ1) is 10.1. The molecule has 4 nitrogen and oxygen atoms in total. The van der Waals surface area contributed by atoms with Crippen molar-refractivity contribution in [1.29, 1.82) is 5.26 Å². The van der Waals surface area contributed by atoms with Crippen LogP contribution in [0.3, 0.4) is 0 Å². The molecular formula is C10H8BrN3O. The highest BCUT2D eigenvalue weighted by Gasteiger charge is 2.29. The number of anilines is 1. The van der Waals surface area contributed by atoms with Crippen molar-refractivity contribution in [1.82, 2.24) is 4.98 Å². The summed E-state index contributed by atoms with van der Waals surface area (Å²) in [4.78, 5) is 17.4. The Balaban J connectivity index is 2.23. The topological polar surface area (TPSA) is 57.0 Å². The van der Waals surface area contributed by atoms with E-state index in [9.17, 15) is 4.79 Å². The van der Waals surface area contributed by atoms with Gasteiger partial charge in [-0.15, -0.1) is 0 Å². The maximum absolute atomic E-state index is 11.5. The average Bonchev–Trinajstić information content (AvgIpc) is 2.58. The van der Waals surface area contributed by atoms with Gasteiger partial charge in [0, 0.05) is 24.0 Å². The monoisotopic (exact) mass is 265 g/mol. The third-order valence-corrected chi connectivity index (χ3v) is 2.84. The first-order valence-electron chi connectivity index (χ1n) is 4.51. The van der Waals surface area contributed by atoms with Crippen molar-refractivity contribution in [3.63, 3.8) is 0 Å². The Bertz CT molecular complexity index is 423. The molecule has 1 aromatic heterocycles. The molecule has 1 unspecified atom stereocenters. The van der Waals surface area contributed by atoms with Gasteiger partial charge in [0.1, 0.15) is 11.9 Å². The van der Waals surface area contributed by atoms with E-state index in [0.29, 0.717) is 24.3 Å². The number of carbonyl (C=O) groups is 1. The van der Waals surface area contributed by atoms with Crippen LogP contribution in [0, 0.1) is 11.3 Å². The molecule has 1 aromatic rings. The minimum Gasteiger partial charge on any atom is -0.296 e. The van der Waals surface area contributed by atoms with E-state index in [0.717, 1.165) is 0 Å². The fourth-order valence-electron chi connectivity index (χ4n) is 1.50. The molecule has 1 fully saturated rings. The summed E-state index contributed by atoms with van der Waals surface area (Å²) in [6, 6.07) is 5.35. The molecule has 15 heavy (non-hydrogen) atoms. The fourth-order valence-corrected chi connectivity index (χ4v) is 2.06. The second-order valence-electron chi connectivity index (χ2n) is 3.32. The molecule has 1 amide bonds. The molecule has 0 aliphatic carbocycles. The van der Waals surface area contributed by atoms with Crippen molar-refractivity contribution in [3.8, 4) is 6.07 Å². The molecule has 2 rings (SSSR count). The van der Waals surface area contributed by atoms with E-state index < -0.39 is 0 Å². The van der Waals surface area contributed by atoms with Crippen molar-refractivity contribution in [2.45, 2.75) is 11.2 Å². The molecule has 1 saturated heterocycles. The van der Waals surface area contributed by atoms with E-state index >= 15 is 0 Å². The summed E-state index contributed by atoms with van der Waals surface area (Å²) in [6.07, 6.45) is 1.98. The van der Waals surface area contributed by atoms with Crippen molar-refractivity contribution in [2.24, 2.45) is 0 Å². The number of alkyl halides is 1. The predicted octanol–water partition coefficient (Wildman–Crippen LogP) is 1.45. The number of carbonyl (C=O) groups excluding carboxylic acids is 1. The quantitative estimate of drug-likeness (QED) is 0.723. The minimum absolute atomic E-state index is 0.0640. The van der Waals surface area contributed by atoms with Crippen LogP contribution < -0.4 is 4.90 Å². The molecule has 1 aliphatic rings. The van der Waals surface area contributed by atoms with Crippen LogP contribution in [0.4, 0.5) is 5.82 Å². The Hall–Kier alpha value is -1.41. The van der Waals surface area contributed by atoms with Crippen molar-refractivity contribution < 1.29 is 4.79 Å². The molecule has 0 N–H and O–H groups in total. The number of nitrogens with zero attached hydrogens (tertiary/aromatic N) is 3. The highest BCUT2D eigenvalue weighted by molar-refractivity contribution is 9.09. The summed E-state index contributed by atoms with van der Waals surface area (Å²) in [5.41, 5.74) is 0.501. The summed E-state index contributed by atoms with van der Waals surface area (Å²) < 4.78 is 0. The number of hydrogen-bond acceptors (Lipinski definition) is 3. The van der Waals surface area contributed by atoms with E-state index in [4.69, 9.17) is 5.26 Å². The summed E-state index contributed by atoms with van der Waals surface area (Å²) in [5, 5.41) is 8.61. The van der Waals surface area contributed by atoms with Gasteiger partial charge in [0.2, 0.25) is 5.91 Å². The van der Waals surface area contributed by atoms with Crippen LogP contribution in [-0.2, 0) is 4.79 Å². The van der Waals surface area contributed by atoms with Crippen LogP contribution in [0.2, 0.25) is 0 Å². The third-order valence-electron chi connectivity index (χ3n) is 2.23. The standard InChI is InChI=1S/C10H8BrN3O/c11-8-3-10(15)14(6-8)9-2-1-7(4-12)5-13-9/h1-2,5,8H,3,6H2. The largest absolute Gasteiger partial charge is 0.296 e. The molecule has 1 aliphatic heterocycles. The molecule has 2 heterocycles. The lowest BCUT2D eigenvalue weighted by molar-refractivity contribution is -0.117. The first-order valence-corrected chi connectivity index (χ1v) is 5.43. The number of halogens is 1. The normalized spacial score (nSPS) is 20.4. The highest BCUT2D eigenvalue weighted by Crippen LogP contribution is 2.23. The highest BCUT2D eigenvalue weighted by atomic mass is 79.9. The second-order valence-corrected chi connectivity index (χ2v) is 4.62. The van der Waals surface area contributed by atoms with E-state index in [1.165, 1.54) is 6.20 Å². The number of rotatable bonds is 1. The van der Waals surface area contributed by atoms with Crippen LogP contribution in [0.1, 0.15) is 12.0 Å². The van der Waals surface area contributed by atoms with Gasteiger partial charge in [0.15, 0.2) is 0 Å². The van der Waals surface area contributed by atoms with Gasteiger partial charge in [-0.3, -0.25) is 9.69 Å². The Kier molecular flexibility index (Phi) is 2.69. The number of hydrogen-bond donors (Lipinski definition) is 0. The van der Waals surface area contributed by atoms with E-state index in [1.54, 1.807) is 17.0 Å². The van der Waals surface area contributed by atoms with Gasteiger partial charge < -0.3 is 0 Å². The van der Waals surface area contributed by atoms with Gasteiger partial charge in [-0.1, -0.05) is 15.9 Å². The molecule has 5 heteroatoms. The Morgan fingerprint density at radius 1 is 1.60 bits per heavy atom. The Morgan fingerprint density at radius 3 is 2.87 bits per heavy atom. The number of nitriles is 1. The molecule has 76 valence electrons. The summed E-state index contributed by atoms with van der Waals surface area (Å²) in [7, 11) is 0. The lowest BCUT2D eigenvalue weighted by Gasteiger charge is -2.13. The fraction of sp³-hybridized carbons (Fsp3) is 0.300. The number of amides is 1. The van der Waals surface area contributed by atoms with Crippen molar-refractivity contribution in [2.75, 3.05) is 11.4 Å². The zero-order chi connectivity index (χ0) is 10.8. The smallest absolute Gasteiger partial charge is 0.229 e. The van der Waals surface area contributed by atoms with Crippen LogP contribution in [0.15, 0.2) is 18.3 Å². The average molecular weight is 266 g/mol. The van der Waals surface area contributed by atoms with Gasteiger partial charge in [0.05, 0.1) is 5.56 Å². The molecular weight excluding hydrogens is 258 g/mol. The molecule has 0 radical (unpaired) electrons. The summed E-state index contributed by atoms with van der Waals surface area (Å²) in [5.74, 6) is 0.676. The zero-order valence-corrected chi connectivity index (χ0v) is 9.44. The van der Waals surface area contributed by atoms with E-state index in [1.807, 2.05) is 6.07 Å². The SMILES string of the molecule is N#Cc1ccc(N2CC(Br)CC2=O)nc1. The molecule has 0 spiro atoms. The lowest BCUT2D eigenvalue weighted by Crippen LogP contribution is -2.25. The maximum atomic E-state index is 11.5. The van der Waals surface area contributed by atoms with Gasteiger partial charge in [0.25, 0.3) is 0 Å². The maximum Gasteiger partial charge on any atom is 0.229 e. The molecule has 1 atom stereocenters. The predicted molar refractivity (Wildman–Crippen MR) is 58.6 cm³/mol. The summed E-state index contributed by atoms with van der Waals surface area (Å²) >= 11 is 3.40. The Morgan fingerprint density at radius 2 is 2.40 bits per heavy atom. The Labute approximate surface area is 95.7 Å². The third kappa shape index (κ3) is 2.00. The molecule has 0 bridgehead atoms. The lowest BCUT2D eigenvalue weighted by atomic mass is 10.3. The van der Waals surface area contributed by atoms with Crippen LogP contribution in [0.25, 0.3) is 0 Å². The first-order chi connectivity index (χ1) is 7.20. The molecule has 0 saturated carbocycles. The van der Waals surface area contributed by atoms with Gasteiger partial charge in [-0.05, 0) is 12.1 Å². The number of pyridine rings is 1. The van der Waals surface area contributed by atoms with Crippen molar-refractivity contribution in [3.05, 3.63) is 23.9 Å². The van der Waals surface area contributed by atoms with Gasteiger partial charge >= 0.3 is 0 Å². The van der Waals surface area contributed by atoms with E-state index in [2.05, 4.69) is 20.9 Å². The van der Waals surface area contributed by atoms with E-state index in [-0.39, 0.29) is 10.7 Å². The van der Waals surface area contributed by atoms with Crippen LogP contribution >= 0.6 is 15.9 Å². The van der Waals surface area contributed by atoms with Gasteiger partial charge in [-0.2, -0.15) is 5.26 Å². The van der Waals surface area contributed by atoms with Crippen LogP contribution in [0.5, 0.6) is 0 Å². The number of aromatic nitrogens is 1. The summed E-state index contributed by atoms with van der Waals surface area (Å²) in [6.45, 7) is 0.637. The van der Waals surface area contributed by atoms with Gasteiger partial charge in [-0.25, -0.2) is 4.98 Å². The second kappa shape index (κ2) is 3.99. The van der Waals surface area contributed by atoms with Crippen LogP contribution in [-0.4, -0.2) is 22.3 Å². The zero-order valence-electron chi connectivity index (χ0n) is 7.85. The van der Waals surface area contributed by atoms with Crippen molar-refractivity contribution >= 4 is 27.7 Å². The molecule has 0 aromatic carbocycles. The minimum atomic E-state index is 0.0640.